The Morgan fingerprint density at radius 1 is 1.38 bits per heavy atom. The number of rotatable bonds is 5. The molecule has 0 aromatic heterocycles. The topological polar surface area (TPSA) is 58.4 Å². The van der Waals surface area contributed by atoms with Crippen LogP contribution < -0.4 is 11.1 Å². The maximum absolute atomic E-state index is 11.7. The van der Waals surface area contributed by atoms with Gasteiger partial charge in [-0.15, -0.1) is 0 Å². The van der Waals surface area contributed by atoms with E-state index < -0.39 is 5.54 Å². The van der Waals surface area contributed by atoms with Crippen molar-refractivity contribution in [3.63, 3.8) is 0 Å². The van der Waals surface area contributed by atoms with Gasteiger partial charge >= 0.3 is 0 Å². The number of carbonyl (C=O) groups is 1. The first-order chi connectivity index (χ1) is 7.56. The second-order valence-electron chi connectivity index (χ2n) is 4.93. The first kappa shape index (κ1) is 13.5. The largest absolute Gasteiger partial charge is 0.353 e. The average molecular weight is 227 g/mol. The molecule has 1 amide bonds. The summed E-state index contributed by atoms with van der Waals surface area (Å²) in [5.41, 5.74) is 5.13. The Morgan fingerprint density at radius 2 is 2.00 bits per heavy atom. The fourth-order valence-electron chi connectivity index (χ4n) is 1.87. The Labute approximate surface area is 98.6 Å². The van der Waals surface area contributed by atoms with E-state index in [1.807, 2.05) is 6.92 Å². The highest BCUT2D eigenvalue weighted by Crippen LogP contribution is 2.07. The minimum Gasteiger partial charge on any atom is -0.353 e. The van der Waals surface area contributed by atoms with E-state index in [0.717, 1.165) is 6.54 Å². The molecule has 16 heavy (non-hydrogen) atoms. The van der Waals surface area contributed by atoms with Gasteiger partial charge in [-0.05, 0) is 39.3 Å². The van der Waals surface area contributed by atoms with Crippen molar-refractivity contribution >= 4 is 5.91 Å². The molecule has 0 radical (unpaired) electrons. The van der Waals surface area contributed by atoms with Gasteiger partial charge in [-0.3, -0.25) is 4.79 Å². The van der Waals surface area contributed by atoms with Crippen LogP contribution in [-0.2, 0) is 4.79 Å². The molecular weight excluding hydrogens is 202 g/mol. The first-order valence-corrected chi connectivity index (χ1v) is 6.36. The summed E-state index contributed by atoms with van der Waals surface area (Å²) in [6, 6.07) is 0. The van der Waals surface area contributed by atoms with Crippen LogP contribution in [0.15, 0.2) is 0 Å². The summed E-state index contributed by atoms with van der Waals surface area (Å²) in [7, 11) is 0. The van der Waals surface area contributed by atoms with Gasteiger partial charge in [0, 0.05) is 13.1 Å². The Kier molecular flexibility index (Phi) is 5.22. The van der Waals surface area contributed by atoms with Crippen molar-refractivity contribution in [1.82, 2.24) is 10.2 Å². The second-order valence-corrected chi connectivity index (χ2v) is 4.93. The molecule has 0 bridgehead atoms. The molecule has 1 aliphatic heterocycles. The summed E-state index contributed by atoms with van der Waals surface area (Å²) in [5.74, 6) is -0.0352. The molecule has 1 aliphatic rings. The van der Waals surface area contributed by atoms with Crippen LogP contribution in [0.4, 0.5) is 0 Å². The summed E-state index contributed by atoms with van der Waals surface area (Å²) >= 11 is 0. The van der Waals surface area contributed by atoms with Crippen LogP contribution in [0, 0.1) is 0 Å². The quantitative estimate of drug-likeness (QED) is 0.727. The van der Waals surface area contributed by atoms with E-state index in [-0.39, 0.29) is 5.91 Å². The predicted molar refractivity (Wildman–Crippen MR) is 66.2 cm³/mol. The van der Waals surface area contributed by atoms with E-state index in [1.54, 1.807) is 6.92 Å². The van der Waals surface area contributed by atoms with Crippen LogP contribution in [0.5, 0.6) is 0 Å². The van der Waals surface area contributed by atoms with Gasteiger partial charge in [0.15, 0.2) is 0 Å². The molecule has 1 heterocycles. The smallest absolute Gasteiger partial charge is 0.239 e. The van der Waals surface area contributed by atoms with Gasteiger partial charge in [0.05, 0.1) is 5.54 Å². The molecule has 0 spiro atoms. The first-order valence-electron chi connectivity index (χ1n) is 6.36. The lowest BCUT2D eigenvalue weighted by Crippen LogP contribution is -2.52. The van der Waals surface area contributed by atoms with Crippen molar-refractivity contribution in [2.75, 3.05) is 26.2 Å². The third kappa shape index (κ3) is 4.10. The summed E-state index contributed by atoms with van der Waals surface area (Å²) < 4.78 is 0. The van der Waals surface area contributed by atoms with E-state index in [1.165, 1.54) is 32.4 Å². The van der Waals surface area contributed by atoms with Crippen LogP contribution in [-0.4, -0.2) is 42.5 Å². The fourth-order valence-corrected chi connectivity index (χ4v) is 1.87. The number of likely N-dealkylation sites (tertiary alicyclic amines) is 1. The van der Waals surface area contributed by atoms with Crippen LogP contribution in [0.2, 0.25) is 0 Å². The Balaban J connectivity index is 2.17. The zero-order valence-electron chi connectivity index (χ0n) is 10.6. The molecule has 1 unspecified atom stereocenters. The van der Waals surface area contributed by atoms with Gasteiger partial charge in [-0.2, -0.15) is 0 Å². The molecule has 4 heteroatoms. The normalized spacial score (nSPS) is 21.4. The van der Waals surface area contributed by atoms with Crippen LogP contribution >= 0.6 is 0 Å². The number of nitrogens with two attached hydrogens (primary N) is 1. The van der Waals surface area contributed by atoms with Crippen LogP contribution in [0.1, 0.15) is 39.5 Å². The zero-order chi connectivity index (χ0) is 12.0. The number of hydrogen-bond donors (Lipinski definition) is 2. The monoisotopic (exact) mass is 227 g/mol. The minimum atomic E-state index is -0.720. The molecule has 3 N–H and O–H groups in total. The van der Waals surface area contributed by atoms with Crippen molar-refractivity contribution in [3.05, 3.63) is 0 Å². The van der Waals surface area contributed by atoms with Crippen molar-refractivity contribution in [2.24, 2.45) is 5.73 Å². The van der Waals surface area contributed by atoms with E-state index in [4.69, 9.17) is 5.73 Å². The molecule has 4 nitrogen and oxygen atoms in total. The number of nitrogens with zero attached hydrogens (tertiary/aromatic N) is 1. The van der Waals surface area contributed by atoms with Gasteiger partial charge in [0.25, 0.3) is 0 Å². The minimum absolute atomic E-state index is 0.0352. The second kappa shape index (κ2) is 6.21. The SMILES string of the molecule is CCC(C)(N)C(=O)NCCN1CCCCC1. The Hall–Kier alpha value is -0.610. The van der Waals surface area contributed by atoms with E-state index in [2.05, 4.69) is 10.2 Å². The van der Waals surface area contributed by atoms with Gasteiger partial charge in [-0.25, -0.2) is 0 Å². The van der Waals surface area contributed by atoms with Crippen LogP contribution in [0.25, 0.3) is 0 Å². The lowest BCUT2D eigenvalue weighted by molar-refractivity contribution is -0.125. The number of piperidine rings is 1. The molecular formula is C12H25N3O. The standard InChI is InChI=1S/C12H25N3O/c1-3-12(2,13)11(16)14-7-10-15-8-5-4-6-9-15/h3-10,13H2,1-2H3,(H,14,16). The molecule has 1 fully saturated rings. The zero-order valence-corrected chi connectivity index (χ0v) is 10.6. The maximum atomic E-state index is 11.7. The highest BCUT2D eigenvalue weighted by atomic mass is 16.2. The summed E-state index contributed by atoms with van der Waals surface area (Å²) in [6.07, 6.45) is 4.59. The molecule has 1 saturated heterocycles. The van der Waals surface area contributed by atoms with Crippen molar-refractivity contribution in [1.29, 1.82) is 0 Å². The van der Waals surface area contributed by atoms with Gasteiger partial charge in [-0.1, -0.05) is 13.3 Å². The Bertz CT molecular complexity index is 222. The number of hydrogen-bond acceptors (Lipinski definition) is 3. The van der Waals surface area contributed by atoms with Crippen LogP contribution in [0.3, 0.4) is 0 Å². The summed E-state index contributed by atoms with van der Waals surface area (Å²) in [4.78, 5) is 14.1. The van der Waals surface area contributed by atoms with E-state index in [9.17, 15) is 4.79 Å². The van der Waals surface area contributed by atoms with Gasteiger partial charge < -0.3 is 16.0 Å². The van der Waals surface area contributed by atoms with Crippen molar-refractivity contribution < 1.29 is 4.79 Å². The lowest BCUT2D eigenvalue weighted by Gasteiger charge is -2.27. The predicted octanol–water partition coefficient (Wildman–Crippen LogP) is 0.716. The number of nitrogens with one attached hydrogen (secondary N) is 1. The lowest BCUT2D eigenvalue weighted by atomic mass is 10.00. The third-order valence-corrected chi connectivity index (χ3v) is 3.42. The highest BCUT2D eigenvalue weighted by Gasteiger charge is 2.25. The summed E-state index contributed by atoms with van der Waals surface area (Å²) in [5, 5.41) is 2.92. The molecule has 1 rings (SSSR count). The van der Waals surface area contributed by atoms with E-state index >= 15 is 0 Å². The van der Waals surface area contributed by atoms with Gasteiger partial charge in [0.1, 0.15) is 0 Å². The maximum Gasteiger partial charge on any atom is 0.239 e. The molecule has 94 valence electrons. The molecule has 1 atom stereocenters. The molecule has 0 aromatic rings. The molecule has 0 aromatic carbocycles. The van der Waals surface area contributed by atoms with Gasteiger partial charge in [0.2, 0.25) is 5.91 Å². The average Bonchev–Trinajstić information content (AvgIpc) is 2.30. The van der Waals surface area contributed by atoms with Crippen molar-refractivity contribution in [2.45, 2.75) is 45.1 Å². The number of amides is 1. The third-order valence-electron chi connectivity index (χ3n) is 3.42. The van der Waals surface area contributed by atoms with E-state index in [0.29, 0.717) is 13.0 Å². The fraction of sp³-hybridized carbons (Fsp3) is 0.917. The Morgan fingerprint density at radius 3 is 2.56 bits per heavy atom. The summed E-state index contributed by atoms with van der Waals surface area (Å²) in [6.45, 7) is 7.72. The number of carbonyl (C=O) groups excluding carboxylic acids is 1. The molecule has 0 saturated carbocycles. The molecule has 0 aliphatic carbocycles. The highest BCUT2D eigenvalue weighted by molar-refractivity contribution is 5.85. The van der Waals surface area contributed by atoms with Crippen molar-refractivity contribution in [3.8, 4) is 0 Å².